The van der Waals surface area contributed by atoms with Gasteiger partial charge in [-0.05, 0) is 28.3 Å². The topological polar surface area (TPSA) is 37.8 Å². The third kappa shape index (κ3) is 5.80. The molecule has 0 saturated heterocycles. The van der Waals surface area contributed by atoms with Crippen LogP contribution in [0, 0.1) is 5.92 Å². The average Bonchev–Trinajstić information content (AvgIpc) is 2.27. The molecule has 0 fully saturated rings. The highest BCUT2D eigenvalue weighted by atomic mass is 79.9. The Hall–Kier alpha value is -0.640. The summed E-state index contributed by atoms with van der Waals surface area (Å²) in [5.74, 6) is 2.95. The van der Waals surface area contributed by atoms with Gasteiger partial charge >= 0.3 is 0 Å². The van der Waals surface area contributed by atoms with Gasteiger partial charge in [0.2, 0.25) is 0 Å². The molecule has 0 atom stereocenters. The number of nitrogens with one attached hydrogen (secondary N) is 1. The molecule has 0 spiro atoms. The maximum atomic E-state index is 4.51. The first-order valence-corrected chi connectivity index (χ1v) is 7.56. The van der Waals surface area contributed by atoms with Crippen LogP contribution >= 0.6 is 15.9 Å². The zero-order chi connectivity index (χ0) is 13.5. The van der Waals surface area contributed by atoms with Crippen LogP contribution in [0.15, 0.2) is 10.7 Å². The minimum atomic E-state index is 0.351. The van der Waals surface area contributed by atoms with Crippen LogP contribution in [-0.2, 0) is 0 Å². The van der Waals surface area contributed by atoms with Gasteiger partial charge in [-0.2, -0.15) is 0 Å². The Morgan fingerprint density at radius 2 is 1.89 bits per heavy atom. The number of nitrogens with zero attached hydrogens (tertiary/aromatic N) is 2. The number of halogens is 1. The van der Waals surface area contributed by atoms with Crippen molar-refractivity contribution in [1.82, 2.24) is 9.97 Å². The summed E-state index contributed by atoms with van der Waals surface area (Å²) in [5, 5.41) is 3.37. The number of hydrogen-bond donors (Lipinski definition) is 1. The van der Waals surface area contributed by atoms with Crippen LogP contribution in [0.2, 0.25) is 0 Å². The van der Waals surface area contributed by atoms with E-state index in [4.69, 9.17) is 0 Å². The van der Waals surface area contributed by atoms with E-state index in [1.54, 1.807) is 0 Å². The van der Waals surface area contributed by atoms with Gasteiger partial charge < -0.3 is 5.32 Å². The summed E-state index contributed by atoms with van der Waals surface area (Å²) in [6.07, 6.45) is 3.76. The van der Waals surface area contributed by atoms with Gasteiger partial charge in [0.15, 0.2) is 0 Å². The van der Waals surface area contributed by atoms with Gasteiger partial charge in [-0.1, -0.05) is 40.5 Å². The first-order chi connectivity index (χ1) is 8.49. The molecule has 4 heteroatoms. The molecule has 0 aliphatic carbocycles. The van der Waals surface area contributed by atoms with E-state index in [1.807, 2.05) is 6.07 Å². The third-order valence-corrected chi connectivity index (χ3v) is 3.15. The molecule has 0 radical (unpaired) electrons. The molecular formula is C14H24BrN3. The van der Waals surface area contributed by atoms with Gasteiger partial charge in [-0.25, -0.2) is 9.97 Å². The highest BCUT2D eigenvalue weighted by Crippen LogP contribution is 2.17. The first kappa shape index (κ1) is 15.4. The van der Waals surface area contributed by atoms with Gasteiger partial charge in [0.25, 0.3) is 0 Å². The largest absolute Gasteiger partial charge is 0.370 e. The fourth-order valence-electron chi connectivity index (χ4n) is 1.68. The molecule has 1 aromatic rings. The first-order valence-electron chi connectivity index (χ1n) is 6.77. The Kier molecular flexibility index (Phi) is 6.61. The molecule has 1 aromatic heterocycles. The van der Waals surface area contributed by atoms with E-state index in [1.165, 1.54) is 19.3 Å². The van der Waals surface area contributed by atoms with Crippen LogP contribution in [0.3, 0.4) is 0 Å². The lowest BCUT2D eigenvalue weighted by molar-refractivity contribution is 0.544. The Bertz CT molecular complexity index is 364. The normalized spacial score (nSPS) is 11.3. The lowest BCUT2D eigenvalue weighted by Gasteiger charge is -2.10. The molecule has 0 saturated carbocycles. The maximum absolute atomic E-state index is 4.51. The van der Waals surface area contributed by atoms with Crippen molar-refractivity contribution in [2.75, 3.05) is 11.9 Å². The van der Waals surface area contributed by atoms with Crippen molar-refractivity contribution in [2.45, 2.75) is 52.9 Å². The van der Waals surface area contributed by atoms with Crippen molar-refractivity contribution in [3.05, 3.63) is 16.5 Å². The van der Waals surface area contributed by atoms with Crippen LogP contribution in [-0.4, -0.2) is 16.5 Å². The highest BCUT2D eigenvalue weighted by Gasteiger charge is 2.06. The van der Waals surface area contributed by atoms with Crippen LogP contribution in [0.25, 0.3) is 0 Å². The molecule has 0 aromatic carbocycles. The van der Waals surface area contributed by atoms with E-state index in [-0.39, 0.29) is 0 Å². The third-order valence-electron chi connectivity index (χ3n) is 2.74. The van der Waals surface area contributed by atoms with E-state index >= 15 is 0 Å². The maximum Gasteiger partial charge on any atom is 0.134 e. The summed E-state index contributed by atoms with van der Waals surface area (Å²) in [6.45, 7) is 9.73. The summed E-state index contributed by atoms with van der Waals surface area (Å²) < 4.78 is 0.853. The Morgan fingerprint density at radius 1 is 1.17 bits per heavy atom. The number of hydrogen-bond acceptors (Lipinski definition) is 3. The predicted octanol–water partition coefficient (Wildman–Crippen LogP) is 4.60. The van der Waals surface area contributed by atoms with Crippen molar-refractivity contribution in [3.63, 3.8) is 0 Å². The van der Waals surface area contributed by atoms with Crippen molar-refractivity contribution in [1.29, 1.82) is 0 Å². The molecule has 0 amide bonds. The highest BCUT2D eigenvalue weighted by molar-refractivity contribution is 9.10. The van der Waals surface area contributed by atoms with Crippen molar-refractivity contribution in [2.24, 2.45) is 5.92 Å². The second-order valence-electron chi connectivity index (χ2n) is 5.41. The van der Waals surface area contributed by atoms with E-state index in [9.17, 15) is 0 Å². The standard InChI is InChI=1S/C14H24BrN3/c1-10(2)7-5-6-8-16-13-9-12(15)17-14(18-13)11(3)4/h9-11H,5-8H2,1-4H3,(H,16,17,18). The second kappa shape index (κ2) is 7.72. The molecule has 0 aliphatic rings. The summed E-state index contributed by atoms with van der Waals surface area (Å²) >= 11 is 3.43. The van der Waals surface area contributed by atoms with Crippen molar-refractivity contribution < 1.29 is 0 Å². The minimum absolute atomic E-state index is 0.351. The second-order valence-corrected chi connectivity index (χ2v) is 6.22. The molecule has 102 valence electrons. The fraction of sp³-hybridized carbons (Fsp3) is 0.714. The lowest BCUT2D eigenvalue weighted by atomic mass is 10.1. The van der Waals surface area contributed by atoms with Crippen LogP contribution in [0.4, 0.5) is 5.82 Å². The molecule has 0 aliphatic heterocycles. The fourth-order valence-corrected chi connectivity index (χ4v) is 2.08. The quantitative estimate of drug-likeness (QED) is 0.590. The van der Waals surface area contributed by atoms with Gasteiger partial charge in [0.1, 0.15) is 16.2 Å². The van der Waals surface area contributed by atoms with Gasteiger partial charge in [0, 0.05) is 18.5 Å². The predicted molar refractivity (Wildman–Crippen MR) is 81.0 cm³/mol. The number of rotatable bonds is 7. The zero-order valence-electron chi connectivity index (χ0n) is 11.8. The summed E-state index contributed by atoms with van der Waals surface area (Å²) in [5.41, 5.74) is 0. The average molecular weight is 314 g/mol. The summed E-state index contributed by atoms with van der Waals surface area (Å²) in [6, 6.07) is 1.94. The van der Waals surface area contributed by atoms with E-state index < -0.39 is 0 Å². The number of unbranched alkanes of at least 4 members (excludes halogenated alkanes) is 1. The Balaban J connectivity index is 2.42. The lowest BCUT2D eigenvalue weighted by Crippen LogP contribution is -2.07. The van der Waals surface area contributed by atoms with Crippen LogP contribution < -0.4 is 5.32 Å². The molecule has 0 bridgehead atoms. The van der Waals surface area contributed by atoms with Gasteiger partial charge in [-0.15, -0.1) is 0 Å². The molecule has 1 heterocycles. The zero-order valence-corrected chi connectivity index (χ0v) is 13.4. The molecule has 3 nitrogen and oxygen atoms in total. The van der Waals surface area contributed by atoms with Crippen LogP contribution in [0.1, 0.15) is 58.7 Å². The summed E-state index contributed by atoms with van der Waals surface area (Å²) in [4.78, 5) is 8.88. The van der Waals surface area contributed by atoms with Crippen LogP contribution in [0.5, 0.6) is 0 Å². The summed E-state index contributed by atoms with van der Waals surface area (Å²) in [7, 11) is 0. The number of anilines is 1. The Morgan fingerprint density at radius 3 is 2.50 bits per heavy atom. The molecule has 18 heavy (non-hydrogen) atoms. The molecule has 1 N–H and O–H groups in total. The van der Waals surface area contributed by atoms with Crippen molar-refractivity contribution in [3.8, 4) is 0 Å². The van der Waals surface area contributed by atoms with Gasteiger partial charge in [-0.3, -0.25) is 0 Å². The van der Waals surface area contributed by atoms with E-state index in [2.05, 4.69) is 58.9 Å². The SMILES string of the molecule is CC(C)CCCCNc1cc(Br)nc(C(C)C)n1. The number of aromatic nitrogens is 2. The smallest absolute Gasteiger partial charge is 0.134 e. The van der Waals surface area contributed by atoms with E-state index in [0.29, 0.717) is 5.92 Å². The monoisotopic (exact) mass is 313 g/mol. The molecule has 0 unspecified atom stereocenters. The minimum Gasteiger partial charge on any atom is -0.370 e. The van der Waals surface area contributed by atoms with E-state index in [0.717, 1.165) is 28.7 Å². The van der Waals surface area contributed by atoms with Gasteiger partial charge in [0.05, 0.1) is 0 Å². The molecule has 1 rings (SSSR count). The Labute approximate surface area is 119 Å². The van der Waals surface area contributed by atoms with Crippen molar-refractivity contribution >= 4 is 21.7 Å². The molecular weight excluding hydrogens is 290 g/mol.